The molecule has 1 heterocycles. The quantitative estimate of drug-likeness (QED) is 0.810. The van der Waals surface area contributed by atoms with E-state index in [1.54, 1.807) is 7.11 Å². The van der Waals surface area contributed by atoms with Gasteiger partial charge in [-0.25, -0.2) is 0 Å². The van der Waals surface area contributed by atoms with Crippen molar-refractivity contribution in [1.82, 2.24) is 0 Å². The van der Waals surface area contributed by atoms with Crippen LogP contribution in [-0.2, 0) is 14.3 Å². The lowest BCUT2D eigenvalue weighted by molar-refractivity contribution is -0.253. The predicted octanol–water partition coefficient (Wildman–Crippen LogP) is 4.15. The fourth-order valence-corrected chi connectivity index (χ4v) is 5.59. The molecular weight excluding hydrogens is 368 g/mol. The second-order valence-electron chi connectivity index (χ2n) is 10.4. The summed E-state index contributed by atoms with van der Waals surface area (Å²) in [5.41, 5.74) is 0.672. The molecule has 1 N–H and O–H groups in total. The Morgan fingerprint density at radius 3 is 2.41 bits per heavy atom. The van der Waals surface area contributed by atoms with Gasteiger partial charge in [0.15, 0.2) is 5.78 Å². The van der Waals surface area contributed by atoms with Crippen LogP contribution in [0.3, 0.4) is 0 Å². The van der Waals surface area contributed by atoms with Crippen molar-refractivity contribution in [2.75, 3.05) is 7.11 Å². The first-order valence-electron chi connectivity index (χ1n) is 10.3. The number of carbonyl (C=O) groups is 2. The Morgan fingerprint density at radius 2 is 1.72 bits per heavy atom. The lowest BCUT2D eigenvalue weighted by atomic mass is 9.59. The van der Waals surface area contributed by atoms with Crippen molar-refractivity contribution in [3.05, 3.63) is 41.2 Å². The van der Waals surface area contributed by atoms with E-state index in [9.17, 15) is 14.7 Å². The van der Waals surface area contributed by atoms with Gasteiger partial charge in [-0.15, -0.1) is 0 Å². The molecule has 3 atom stereocenters. The third-order valence-electron chi connectivity index (χ3n) is 6.51. The number of ether oxygens (including phenoxy) is 2. The van der Waals surface area contributed by atoms with E-state index in [2.05, 4.69) is 0 Å². The minimum absolute atomic E-state index is 0.00756. The highest BCUT2D eigenvalue weighted by atomic mass is 16.6. The molecule has 0 radical (unpaired) electrons. The standard InChI is InChI=1S/C24H30O5/c1-22(2)10-15(25)20-18(12-22)29-24(27)13-23(3,4)11-16(26)21(24)19(20)14-8-6-7-9-17(14)28-5/h6-9,19,21,27H,10-13H2,1-5H3/t19-,21+,24-/m1/s1. The van der Waals surface area contributed by atoms with E-state index in [-0.39, 0.29) is 22.4 Å². The maximum absolute atomic E-state index is 13.3. The molecule has 0 bridgehead atoms. The third kappa shape index (κ3) is 3.29. The number of benzene rings is 1. The van der Waals surface area contributed by atoms with Crippen LogP contribution in [0.1, 0.15) is 64.9 Å². The van der Waals surface area contributed by atoms with E-state index >= 15 is 0 Å². The normalized spacial score (nSPS) is 32.9. The Labute approximate surface area is 172 Å². The first-order valence-corrected chi connectivity index (χ1v) is 10.3. The second kappa shape index (κ2) is 6.43. The zero-order valence-electron chi connectivity index (χ0n) is 17.9. The molecule has 0 aromatic heterocycles. The third-order valence-corrected chi connectivity index (χ3v) is 6.51. The summed E-state index contributed by atoms with van der Waals surface area (Å²) in [5.74, 6) is -1.94. The van der Waals surface area contributed by atoms with Crippen molar-refractivity contribution in [2.24, 2.45) is 16.7 Å². The van der Waals surface area contributed by atoms with Crippen molar-refractivity contribution in [3.63, 3.8) is 0 Å². The van der Waals surface area contributed by atoms with Crippen LogP contribution in [-0.4, -0.2) is 29.6 Å². The molecule has 1 aliphatic heterocycles. The molecule has 1 saturated carbocycles. The summed E-state index contributed by atoms with van der Waals surface area (Å²) in [6.07, 6.45) is 1.64. The van der Waals surface area contributed by atoms with Gasteiger partial charge in [-0.3, -0.25) is 9.59 Å². The highest BCUT2D eigenvalue weighted by molar-refractivity contribution is 6.01. The number of Topliss-reactive ketones (excluding diaryl/α,β-unsaturated/α-hetero) is 2. The van der Waals surface area contributed by atoms with E-state index in [0.29, 0.717) is 42.8 Å². The van der Waals surface area contributed by atoms with Gasteiger partial charge in [0.05, 0.1) is 13.0 Å². The number of aliphatic hydroxyl groups is 1. The van der Waals surface area contributed by atoms with Crippen LogP contribution in [0.4, 0.5) is 0 Å². The Bertz CT molecular complexity index is 910. The van der Waals surface area contributed by atoms with Crippen LogP contribution >= 0.6 is 0 Å². The van der Waals surface area contributed by atoms with Crippen LogP contribution in [0.5, 0.6) is 5.75 Å². The van der Waals surface area contributed by atoms with Gasteiger partial charge in [0.2, 0.25) is 5.79 Å². The summed E-state index contributed by atoms with van der Waals surface area (Å²) < 4.78 is 11.7. The van der Waals surface area contributed by atoms with Gasteiger partial charge in [-0.05, 0) is 16.9 Å². The summed E-state index contributed by atoms with van der Waals surface area (Å²) >= 11 is 0. The maximum atomic E-state index is 13.3. The van der Waals surface area contributed by atoms with E-state index in [1.165, 1.54) is 0 Å². The molecule has 1 aromatic carbocycles. The average Bonchev–Trinajstić information content (AvgIpc) is 2.56. The fourth-order valence-electron chi connectivity index (χ4n) is 5.59. The Kier molecular flexibility index (Phi) is 4.47. The van der Waals surface area contributed by atoms with Gasteiger partial charge in [-0.1, -0.05) is 45.9 Å². The summed E-state index contributed by atoms with van der Waals surface area (Å²) in [5, 5.41) is 11.7. The van der Waals surface area contributed by atoms with Gasteiger partial charge in [0.1, 0.15) is 17.3 Å². The zero-order valence-corrected chi connectivity index (χ0v) is 17.9. The predicted molar refractivity (Wildman–Crippen MR) is 108 cm³/mol. The summed E-state index contributed by atoms with van der Waals surface area (Å²) in [6, 6.07) is 7.46. The Morgan fingerprint density at radius 1 is 1.03 bits per heavy atom. The number of ketones is 2. The number of fused-ring (bicyclic) bond motifs is 1. The smallest absolute Gasteiger partial charge is 0.218 e. The topological polar surface area (TPSA) is 72.8 Å². The highest BCUT2D eigenvalue weighted by Gasteiger charge is 2.61. The molecule has 5 nitrogen and oxygen atoms in total. The first-order chi connectivity index (χ1) is 13.5. The summed E-state index contributed by atoms with van der Waals surface area (Å²) in [6.45, 7) is 8.01. The first kappa shape index (κ1) is 20.1. The molecule has 29 heavy (non-hydrogen) atoms. The molecule has 1 aromatic rings. The lowest BCUT2D eigenvalue weighted by Crippen LogP contribution is -2.58. The van der Waals surface area contributed by atoms with E-state index in [4.69, 9.17) is 9.47 Å². The van der Waals surface area contributed by atoms with E-state index in [0.717, 1.165) is 5.56 Å². The van der Waals surface area contributed by atoms with Crippen LogP contribution in [0.25, 0.3) is 0 Å². The summed E-state index contributed by atoms with van der Waals surface area (Å²) in [7, 11) is 1.58. The highest BCUT2D eigenvalue weighted by Crippen LogP contribution is 2.58. The molecular formula is C24H30O5. The molecule has 0 spiro atoms. The zero-order chi connectivity index (χ0) is 21.2. The number of hydrogen-bond donors (Lipinski definition) is 1. The minimum Gasteiger partial charge on any atom is -0.496 e. The largest absolute Gasteiger partial charge is 0.496 e. The molecule has 156 valence electrons. The Hall–Kier alpha value is -2.14. The molecule has 0 unspecified atom stereocenters. The monoisotopic (exact) mass is 398 g/mol. The van der Waals surface area contributed by atoms with Crippen molar-refractivity contribution in [2.45, 2.75) is 65.1 Å². The van der Waals surface area contributed by atoms with Gasteiger partial charge >= 0.3 is 0 Å². The number of para-hydroxylation sites is 1. The van der Waals surface area contributed by atoms with Gasteiger partial charge in [0, 0.05) is 42.7 Å². The summed E-state index contributed by atoms with van der Waals surface area (Å²) in [4.78, 5) is 26.6. The average molecular weight is 398 g/mol. The van der Waals surface area contributed by atoms with E-state index < -0.39 is 17.6 Å². The number of allylic oxidation sites excluding steroid dienone is 2. The Balaban J connectivity index is 1.96. The number of hydrogen-bond acceptors (Lipinski definition) is 5. The van der Waals surface area contributed by atoms with E-state index in [1.807, 2.05) is 52.0 Å². The molecule has 0 amide bonds. The maximum Gasteiger partial charge on any atom is 0.218 e. The van der Waals surface area contributed by atoms with Gasteiger partial charge in [0.25, 0.3) is 0 Å². The molecule has 2 aliphatic carbocycles. The molecule has 5 heteroatoms. The molecule has 3 aliphatic rings. The van der Waals surface area contributed by atoms with Crippen LogP contribution < -0.4 is 4.74 Å². The second-order valence-corrected chi connectivity index (χ2v) is 10.4. The SMILES string of the molecule is COc1ccccc1[C@@H]1C2=C(CC(C)(C)CC2=O)O[C@]2(O)CC(C)(C)CC(=O)[C@@H]12. The number of rotatable bonds is 2. The van der Waals surface area contributed by atoms with Crippen molar-refractivity contribution in [1.29, 1.82) is 0 Å². The number of carbonyl (C=O) groups excluding carboxylic acids is 2. The van der Waals surface area contributed by atoms with Crippen LogP contribution in [0.2, 0.25) is 0 Å². The molecule has 4 rings (SSSR count). The van der Waals surface area contributed by atoms with Crippen molar-refractivity contribution < 1.29 is 24.2 Å². The van der Waals surface area contributed by atoms with Crippen LogP contribution in [0, 0.1) is 16.7 Å². The van der Waals surface area contributed by atoms with Gasteiger partial charge in [-0.2, -0.15) is 0 Å². The van der Waals surface area contributed by atoms with Crippen LogP contribution in [0.15, 0.2) is 35.6 Å². The van der Waals surface area contributed by atoms with Crippen molar-refractivity contribution in [3.8, 4) is 5.75 Å². The van der Waals surface area contributed by atoms with Gasteiger partial charge < -0.3 is 14.6 Å². The molecule has 0 saturated heterocycles. The lowest BCUT2D eigenvalue weighted by Gasteiger charge is -2.53. The fraction of sp³-hybridized carbons (Fsp3) is 0.583. The number of methoxy groups -OCH3 is 1. The van der Waals surface area contributed by atoms with Crippen molar-refractivity contribution >= 4 is 11.6 Å². The minimum atomic E-state index is -1.63. The molecule has 1 fully saturated rings.